The molecule has 0 bridgehead atoms. The van der Waals surface area contributed by atoms with Gasteiger partial charge in [0.25, 0.3) is 0 Å². The number of thiol groups is 1. The number of phenolic OH excluding ortho intramolecular Hbond substituents is 1. The standard InChI is InChI=1S/C13H18O4S/c1-2-10(14)9-7-8(3-4-11(9)15)13(17)12(16)5-6-18/h3-4,7,12-13,15-18H,2,5-6H2,1H3. The van der Waals surface area contributed by atoms with Crippen molar-refractivity contribution in [1.29, 1.82) is 0 Å². The summed E-state index contributed by atoms with van der Waals surface area (Å²) < 4.78 is 0. The van der Waals surface area contributed by atoms with Gasteiger partial charge in [0, 0.05) is 6.42 Å². The van der Waals surface area contributed by atoms with Gasteiger partial charge in [-0.25, -0.2) is 0 Å². The van der Waals surface area contributed by atoms with E-state index in [0.29, 0.717) is 17.7 Å². The van der Waals surface area contributed by atoms with Gasteiger partial charge in [-0.15, -0.1) is 0 Å². The first kappa shape index (κ1) is 15.0. The first-order valence-corrected chi connectivity index (χ1v) is 6.47. The zero-order chi connectivity index (χ0) is 13.7. The maximum Gasteiger partial charge on any atom is 0.166 e. The van der Waals surface area contributed by atoms with Crippen LogP contribution >= 0.6 is 12.6 Å². The molecule has 1 aromatic carbocycles. The molecule has 0 amide bonds. The fourth-order valence-electron chi connectivity index (χ4n) is 1.66. The molecule has 0 radical (unpaired) electrons. The summed E-state index contributed by atoms with van der Waals surface area (Å²) in [5.74, 6) is 0.142. The Balaban J connectivity index is 3.00. The van der Waals surface area contributed by atoms with Gasteiger partial charge in [0.05, 0.1) is 11.7 Å². The number of hydrogen-bond acceptors (Lipinski definition) is 5. The minimum Gasteiger partial charge on any atom is -0.507 e. The smallest absolute Gasteiger partial charge is 0.166 e. The molecular formula is C13H18O4S. The van der Waals surface area contributed by atoms with Crippen LogP contribution in [0.25, 0.3) is 0 Å². The van der Waals surface area contributed by atoms with E-state index < -0.39 is 12.2 Å². The van der Waals surface area contributed by atoms with E-state index in [9.17, 15) is 20.1 Å². The molecule has 5 heteroatoms. The van der Waals surface area contributed by atoms with Gasteiger partial charge in [0.1, 0.15) is 11.9 Å². The lowest BCUT2D eigenvalue weighted by atomic mass is 9.98. The second kappa shape index (κ2) is 6.78. The third-order valence-electron chi connectivity index (χ3n) is 2.77. The van der Waals surface area contributed by atoms with Gasteiger partial charge in [0.15, 0.2) is 5.78 Å². The lowest BCUT2D eigenvalue weighted by Gasteiger charge is -2.18. The second-order valence-electron chi connectivity index (χ2n) is 4.08. The highest BCUT2D eigenvalue weighted by Crippen LogP contribution is 2.26. The molecule has 4 nitrogen and oxygen atoms in total. The van der Waals surface area contributed by atoms with Crippen LogP contribution in [-0.2, 0) is 0 Å². The average Bonchev–Trinajstić information content (AvgIpc) is 2.38. The fraction of sp³-hybridized carbons (Fsp3) is 0.462. The number of hydrogen-bond donors (Lipinski definition) is 4. The van der Waals surface area contributed by atoms with E-state index in [2.05, 4.69) is 12.6 Å². The average molecular weight is 270 g/mol. The molecule has 1 aromatic rings. The molecule has 0 aliphatic carbocycles. The zero-order valence-corrected chi connectivity index (χ0v) is 11.1. The number of carbonyl (C=O) groups excluding carboxylic acids is 1. The highest BCUT2D eigenvalue weighted by Gasteiger charge is 2.20. The SMILES string of the molecule is CCC(=O)c1cc(C(O)C(O)CCS)ccc1O. The second-order valence-corrected chi connectivity index (χ2v) is 4.52. The molecule has 0 saturated carbocycles. The summed E-state index contributed by atoms with van der Waals surface area (Å²) in [5, 5.41) is 29.2. The summed E-state index contributed by atoms with van der Waals surface area (Å²) in [7, 11) is 0. The Hall–Kier alpha value is -1.04. The Morgan fingerprint density at radius 3 is 2.61 bits per heavy atom. The van der Waals surface area contributed by atoms with Gasteiger partial charge in [0.2, 0.25) is 0 Å². The number of ketones is 1. The zero-order valence-electron chi connectivity index (χ0n) is 10.2. The maximum absolute atomic E-state index is 11.6. The Morgan fingerprint density at radius 1 is 1.39 bits per heavy atom. The lowest BCUT2D eigenvalue weighted by Crippen LogP contribution is -2.19. The molecule has 0 aliphatic rings. The van der Waals surface area contributed by atoms with Crippen LogP contribution in [0.15, 0.2) is 18.2 Å². The number of Topliss-reactive ketones (excluding diaryl/α,β-unsaturated/α-hetero) is 1. The van der Waals surface area contributed by atoms with Gasteiger partial charge in [-0.05, 0) is 29.9 Å². The summed E-state index contributed by atoms with van der Waals surface area (Å²) in [6.45, 7) is 1.70. The molecular weight excluding hydrogens is 252 g/mol. The van der Waals surface area contributed by atoms with Crippen molar-refractivity contribution in [3.05, 3.63) is 29.3 Å². The van der Waals surface area contributed by atoms with Crippen molar-refractivity contribution in [3.63, 3.8) is 0 Å². The molecule has 2 atom stereocenters. The van der Waals surface area contributed by atoms with Crippen molar-refractivity contribution in [2.75, 3.05) is 5.75 Å². The predicted octanol–water partition coefficient (Wildman–Crippen LogP) is 1.70. The number of benzene rings is 1. The minimum absolute atomic E-state index is 0.110. The summed E-state index contributed by atoms with van der Waals surface area (Å²) in [6, 6.07) is 4.27. The number of carbonyl (C=O) groups is 1. The number of rotatable bonds is 6. The quantitative estimate of drug-likeness (QED) is 0.469. The molecule has 0 heterocycles. The van der Waals surface area contributed by atoms with Crippen molar-refractivity contribution in [2.24, 2.45) is 0 Å². The van der Waals surface area contributed by atoms with Gasteiger partial charge in [-0.3, -0.25) is 4.79 Å². The van der Waals surface area contributed by atoms with Gasteiger partial charge >= 0.3 is 0 Å². The van der Waals surface area contributed by atoms with Crippen LogP contribution in [0, 0.1) is 0 Å². The Kier molecular flexibility index (Phi) is 5.65. The van der Waals surface area contributed by atoms with Gasteiger partial charge in [-0.2, -0.15) is 12.6 Å². The molecule has 0 saturated heterocycles. The minimum atomic E-state index is -1.08. The molecule has 0 spiro atoms. The van der Waals surface area contributed by atoms with Crippen LogP contribution in [0.1, 0.15) is 41.8 Å². The number of aromatic hydroxyl groups is 1. The Morgan fingerprint density at radius 2 is 2.06 bits per heavy atom. The van der Waals surface area contributed by atoms with E-state index in [1.165, 1.54) is 18.2 Å². The highest BCUT2D eigenvalue weighted by atomic mass is 32.1. The monoisotopic (exact) mass is 270 g/mol. The summed E-state index contributed by atoms with van der Waals surface area (Å²) in [6.07, 6.45) is -1.40. The van der Waals surface area contributed by atoms with Gasteiger partial charge < -0.3 is 15.3 Å². The van der Waals surface area contributed by atoms with Gasteiger partial charge in [-0.1, -0.05) is 13.0 Å². The van der Waals surface area contributed by atoms with Crippen LogP contribution in [0.4, 0.5) is 0 Å². The molecule has 18 heavy (non-hydrogen) atoms. The number of aliphatic hydroxyl groups excluding tert-OH is 2. The molecule has 0 aromatic heterocycles. The van der Waals surface area contributed by atoms with Crippen LogP contribution in [0.2, 0.25) is 0 Å². The van der Waals surface area contributed by atoms with E-state index in [1.54, 1.807) is 6.92 Å². The number of phenols is 1. The first-order chi connectivity index (χ1) is 8.51. The van der Waals surface area contributed by atoms with E-state index >= 15 is 0 Å². The van der Waals surface area contributed by atoms with E-state index in [-0.39, 0.29) is 23.5 Å². The molecule has 0 aliphatic heterocycles. The Labute approximate surface area is 112 Å². The van der Waals surface area contributed by atoms with Crippen molar-refractivity contribution >= 4 is 18.4 Å². The molecule has 0 fully saturated rings. The van der Waals surface area contributed by atoms with Crippen LogP contribution in [0.5, 0.6) is 5.75 Å². The largest absolute Gasteiger partial charge is 0.507 e. The van der Waals surface area contributed by atoms with Crippen molar-refractivity contribution in [2.45, 2.75) is 32.0 Å². The molecule has 100 valence electrons. The van der Waals surface area contributed by atoms with Crippen LogP contribution in [-0.4, -0.2) is 33.0 Å². The topological polar surface area (TPSA) is 77.8 Å². The highest BCUT2D eigenvalue weighted by molar-refractivity contribution is 7.80. The first-order valence-electron chi connectivity index (χ1n) is 5.84. The van der Waals surface area contributed by atoms with E-state index in [4.69, 9.17) is 0 Å². The van der Waals surface area contributed by atoms with Crippen LogP contribution < -0.4 is 0 Å². The fourth-order valence-corrected chi connectivity index (χ4v) is 1.93. The summed E-state index contributed by atoms with van der Waals surface area (Å²) >= 11 is 3.99. The lowest BCUT2D eigenvalue weighted by molar-refractivity contribution is 0.0172. The summed E-state index contributed by atoms with van der Waals surface area (Å²) in [4.78, 5) is 11.6. The third kappa shape index (κ3) is 3.48. The van der Waals surface area contributed by atoms with E-state index in [1.807, 2.05) is 0 Å². The van der Waals surface area contributed by atoms with Crippen molar-refractivity contribution in [3.8, 4) is 5.75 Å². The molecule has 1 rings (SSSR count). The molecule has 3 N–H and O–H groups in total. The van der Waals surface area contributed by atoms with Crippen LogP contribution in [0.3, 0.4) is 0 Å². The van der Waals surface area contributed by atoms with Crippen molar-refractivity contribution in [1.82, 2.24) is 0 Å². The number of aliphatic hydroxyl groups is 2. The van der Waals surface area contributed by atoms with Crippen molar-refractivity contribution < 1.29 is 20.1 Å². The normalized spacial score (nSPS) is 14.2. The Bertz CT molecular complexity index is 419. The van der Waals surface area contributed by atoms with E-state index in [0.717, 1.165) is 0 Å². The third-order valence-corrected chi connectivity index (χ3v) is 3.03. The summed E-state index contributed by atoms with van der Waals surface area (Å²) in [5.41, 5.74) is 0.589. The predicted molar refractivity (Wildman–Crippen MR) is 72.2 cm³/mol. The maximum atomic E-state index is 11.6. The molecule has 2 unspecified atom stereocenters.